The van der Waals surface area contributed by atoms with E-state index in [0.29, 0.717) is 0 Å². The molecule has 0 N–H and O–H groups in total. The van der Waals surface area contributed by atoms with Gasteiger partial charge in [0.05, 0.1) is 34.8 Å². The third-order valence-electron chi connectivity index (χ3n) is 12.4. The molecule has 0 saturated heterocycles. The van der Waals surface area contributed by atoms with Crippen molar-refractivity contribution < 1.29 is 0 Å². The van der Waals surface area contributed by atoms with E-state index in [1.165, 1.54) is 38.8 Å². The van der Waals surface area contributed by atoms with Crippen LogP contribution in [0, 0.1) is 13.8 Å². The highest BCUT2D eigenvalue weighted by molar-refractivity contribution is 6.11. The number of anilines is 6. The SMILES string of the molecule is Cc1cccc(C)c1-c1ccnc(-n2c3ccccc3c3ccc(N(c4cccc(N5CN(C)c6ccccc65)c4)c4c(-c5ccccc5)cccc4-c4ccccc4)cc32)c1. The fourth-order valence-corrected chi connectivity index (χ4v) is 9.60. The van der Waals surface area contributed by atoms with Crippen molar-refractivity contribution in [3.63, 3.8) is 0 Å². The molecule has 0 atom stereocenters. The third kappa shape index (κ3) is 6.29. The van der Waals surface area contributed by atoms with Crippen LogP contribution in [0.2, 0.25) is 0 Å². The van der Waals surface area contributed by atoms with Gasteiger partial charge in [0, 0.05) is 52.2 Å². The fourth-order valence-electron chi connectivity index (χ4n) is 9.60. The van der Waals surface area contributed by atoms with Crippen molar-refractivity contribution in [2.24, 2.45) is 0 Å². The summed E-state index contributed by atoms with van der Waals surface area (Å²) in [5.74, 6) is 0.883. The van der Waals surface area contributed by atoms with E-state index in [1.54, 1.807) is 0 Å². The number of nitrogens with zero attached hydrogens (tertiary/aromatic N) is 5. The summed E-state index contributed by atoms with van der Waals surface area (Å²) in [5, 5.41) is 2.36. The molecule has 0 unspecified atom stereocenters. The number of hydrogen-bond acceptors (Lipinski definition) is 4. The average Bonchev–Trinajstić information content (AvgIpc) is 3.84. The van der Waals surface area contributed by atoms with E-state index in [4.69, 9.17) is 4.98 Å². The first-order chi connectivity index (χ1) is 30.5. The van der Waals surface area contributed by atoms with Crippen LogP contribution in [0.4, 0.5) is 34.1 Å². The number of pyridine rings is 1. The molecule has 0 spiro atoms. The lowest BCUT2D eigenvalue weighted by Gasteiger charge is -2.31. The maximum Gasteiger partial charge on any atom is 0.138 e. The lowest BCUT2D eigenvalue weighted by molar-refractivity contribution is 0.949. The lowest BCUT2D eigenvalue weighted by Crippen LogP contribution is -2.24. The zero-order chi connectivity index (χ0) is 41.7. The van der Waals surface area contributed by atoms with Gasteiger partial charge in [0.15, 0.2) is 0 Å². The van der Waals surface area contributed by atoms with Crippen LogP contribution in [0.15, 0.2) is 206 Å². The Morgan fingerprint density at radius 1 is 0.484 bits per heavy atom. The standard InChI is InChI=1S/C57H45N5/c1-39-17-14-18-40(2)56(39)43-33-34-58-55(35-43)62-51-28-11-10-25-49(51)50-32-31-46(37-54(50)62)61(45-24-15-23-44(36-45)60-38-59(3)52-29-12-13-30-53(52)60)57-47(41-19-6-4-7-20-41)26-16-27-48(57)42-21-8-5-9-22-42/h4-37H,38H2,1-3H3. The molecule has 11 rings (SSSR count). The van der Waals surface area contributed by atoms with E-state index in [-0.39, 0.29) is 0 Å². The topological polar surface area (TPSA) is 27.5 Å². The molecule has 62 heavy (non-hydrogen) atoms. The van der Waals surface area contributed by atoms with E-state index >= 15 is 0 Å². The van der Waals surface area contributed by atoms with E-state index in [1.807, 2.05) is 6.20 Å². The largest absolute Gasteiger partial charge is 0.355 e. The highest BCUT2D eigenvalue weighted by Gasteiger charge is 2.27. The Morgan fingerprint density at radius 2 is 1.10 bits per heavy atom. The predicted molar refractivity (Wildman–Crippen MR) is 261 cm³/mol. The molecule has 0 amide bonds. The summed E-state index contributed by atoms with van der Waals surface area (Å²) in [5.41, 5.74) is 18.5. The first kappa shape index (κ1) is 37.1. The summed E-state index contributed by atoms with van der Waals surface area (Å²) < 4.78 is 2.35. The summed E-state index contributed by atoms with van der Waals surface area (Å²) in [7, 11) is 2.16. The van der Waals surface area contributed by atoms with Crippen molar-refractivity contribution in [2.75, 3.05) is 28.4 Å². The van der Waals surface area contributed by atoms with Crippen molar-refractivity contribution >= 4 is 55.9 Å². The number of rotatable bonds is 8. The van der Waals surface area contributed by atoms with Gasteiger partial charge in [0.1, 0.15) is 5.82 Å². The molecule has 2 aromatic heterocycles. The molecule has 5 heteroatoms. The number of hydrogen-bond donors (Lipinski definition) is 0. The van der Waals surface area contributed by atoms with Crippen LogP contribution in [0.3, 0.4) is 0 Å². The minimum absolute atomic E-state index is 0.763. The smallest absolute Gasteiger partial charge is 0.138 e. The molecule has 5 nitrogen and oxygen atoms in total. The van der Waals surface area contributed by atoms with Gasteiger partial charge in [0.2, 0.25) is 0 Å². The van der Waals surface area contributed by atoms with Gasteiger partial charge in [0.25, 0.3) is 0 Å². The molecule has 0 fully saturated rings. The number of aromatic nitrogens is 2. The molecule has 0 bridgehead atoms. The van der Waals surface area contributed by atoms with E-state index in [9.17, 15) is 0 Å². The van der Waals surface area contributed by atoms with Crippen LogP contribution in [-0.2, 0) is 0 Å². The molecule has 298 valence electrons. The van der Waals surface area contributed by atoms with Gasteiger partial charge in [-0.1, -0.05) is 140 Å². The highest BCUT2D eigenvalue weighted by Crippen LogP contribution is 2.49. The number of aryl methyl sites for hydroxylation is 2. The molecular formula is C57H45N5. The van der Waals surface area contributed by atoms with Gasteiger partial charge in [-0.05, 0) is 108 Å². The molecule has 3 heterocycles. The zero-order valence-corrected chi connectivity index (χ0v) is 35.1. The summed E-state index contributed by atoms with van der Waals surface area (Å²) >= 11 is 0. The van der Waals surface area contributed by atoms with Gasteiger partial charge in [-0.2, -0.15) is 0 Å². The molecular weight excluding hydrogens is 755 g/mol. The first-order valence-electron chi connectivity index (χ1n) is 21.3. The maximum atomic E-state index is 5.09. The minimum atomic E-state index is 0.763. The van der Waals surface area contributed by atoms with Gasteiger partial charge in [-0.25, -0.2) is 4.98 Å². The lowest BCUT2D eigenvalue weighted by atomic mass is 9.94. The van der Waals surface area contributed by atoms with Crippen LogP contribution in [0.1, 0.15) is 11.1 Å². The maximum absolute atomic E-state index is 5.09. The second-order valence-corrected chi connectivity index (χ2v) is 16.3. The predicted octanol–water partition coefficient (Wildman–Crippen LogP) is 14.8. The Hall–Kier alpha value is -7.89. The summed E-state index contributed by atoms with van der Waals surface area (Å²) in [6.07, 6.45) is 1.95. The van der Waals surface area contributed by atoms with Crippen LogP contribution in [-0.4, -0.2) is 23.3 Å². The third-order valence-corrected chi connectivity index (χ3v) is 12.4. The Bertz CT molecular complexity index is 3200. The molecule has 0 saturated carbocycles. The number of para-hydroxylation sites is 4. The summed E-state index contributed by atoms with van der Waals surface area (Å²) in [6, 6.07) is 72.5. The fraction of sp³-hybridized carbons (Fsp3) is 0.0702. The van der Waals surface area contributed by atoms with Crippen molar-refractivity contribution in [3.05, 3.63) is 218 Å². The molecule has 1 aliphatic rings. The molecule has 0 aliphatic carbocycles. The molecule has 1 aliphatic heterocycles. The Balaban J connectivity index is 1.19. The van der Waals surface area contributed by atoms with Crippen molar-refractivity contribution in [1.82, 2.24) is 9.55 Å². The second kappa shape index (κ2) is 15.3. The first-order valence-corrected chi connectivity index (χ1v) is 21.3. The van der Waals surface area contributed by atoms with Crippen molar-refractivity contribution in [2.45, 2.75) is 13.8 Å². The zero-order valence-electron chi connectivity index (χ0n) is 35.1. The van der Waals surface area contributed by atoms with Crippen LogP contribution < -0.4 is 14.7 Å². The minimum Gasteiger partial charge on any atom is -0.355 e. The van der Waals surface area contributed by atoms with Gasteiger partial charge in [-0.3, -0.25) is 4.57 Å². The van der Waals surface area contributed by atoms with E-state index < -0.39 is 0 Å². The van der Waals surface area contributed by atoms with Crippen molar-refractivity contribution in [1.29, 1.82) is 0 Å². The Kier molecular flexibility index (Phi) is 9.16. The monoisotopic (exact) mass is 799 g/mol. The Morgan fingerprint density at radius 3 is 1.84 bits per heavy atom. The van der Waals surface area contributed by atoms with Crippen LogP contribution in [0.5, 0.6) is 0 Å². The van der Waals surface area contributed by atoms with Gasteiger partial charge < -0.3 is 14.7 Å². The average molecular weight is 800 g/mol. The van der Waals surface area contributed by atoms with E-state index in [2.05, 4.69) is 240 Å². The Labute approximate surface area is 363 Å². The quantitative estimate of drug-likeness (QED) is 0.153. The summed E-state index contributed by atoms with van der Waals surface area (Å²) in [4.78, 5) is 12.3. The van der Waals surface area contributed by atoms with Gasteiger partial charge in [-0.15, -0.1) is 0 Å². The highest BCUT2D eigenvalue weighted by atomic mass is 15.4. The normalized spacial score (nSPS) is 12.3. The van der Waals surface area contributed by atoms with Crippen LogP contribution >= 0.6 is 0 Å². The van der Waals surface area contributed by atoms with Gasteiger partial charge >= 0.3 is 0 Å². The van der Waals surface area contributed by atoms with E-state index in [0.717, 1.165) is 74.1 Å². The van der Waals surface area contributed by atoms with Crippen molar-refractivity contribution in [3.8, 4) is 39.2 Å². The number of fused-ring (bicyclic) bond motifs is 4. The molecule has 0 radical (unpaired) electrons. The molecule has 8 aromatic carbocycles. The molecule has 10 aromatic rings. The second-order valence-electron chi connectivity index (χ2n) is 16.3. The number of benzene rings is 8. The van der Waals surface area contributed by atoms with Crippen LogP contribution in [0.25, 0.3) is 61.0 Å². The summed E-state index contributed by atoms with van der Waals surface area (Å²) in [6.45, 7) is 5.14.